The number of aromatic nitrogens is 1. The fourth-order valence-corrected chi connectivity index (χ4v) is 5.54. The number of amides is 1. The molecular weight excluding hydrogens is 460 g/mol. The predicted molar refractivity (Wildman–Crippen MR) is 129 cm³/mol. The molecule has 33 heavy (non-hydrogen) atoms. The van der Waals surface area contributed by atoms with Crippen molar-refractivity contribution in [1.82, 2.24) is 4.98 Å². The maximum Gasteiger partial charge on any atom is 0.297 e. The fourth-order valence-electron chi connectivity index (χ4n) is 4.28. The molecule has 1 atom stereocenters. The summed E-state index contributed by atoms with van der Waals surface area (Å²) >= 11 is 7.49. The molecule has 0 spiro atoms. The molecule has 162 valence electrons. The normalized spacial score (nSPS) is 15.5. The molecular formula is C25H15ClN2O4S. The van der Waals surface area contributed by atoms with E-state index < -0.39 is 11.9 Å². The van der Waals surface area contributed by atoms with E-state index >= 15 is 0 Å². The highest BCUT2D eigenvalue weighted by atomic mass is 35.5. The van der Waals surface area contributed by atoms with Gasteiger partial charge in [0.1, 0.15) is 11.3 Å². The number of benzene rings is 3. The van der Waals surface area contributed by atoms with Crippen molar-refractivity contribution < 1.29 is 14.3 Å². The Bertz CT molecular complexity index is 1670. The highest BCUT2D eigenvalue weighted by Crippen LogP contribution is 2.44. The quantitative estimate of drug-likeness (QED) is 0.348. The van der Waals surface area contributed by atoms with Crippen molar-refractivity contribution in [1.29, 1.82) is 0 Å². The molecule has 5 aromatic rings. The Morgan fingerprint density at radius 3 is 2.76 bits per heavy atom. The van der Waals surface area contributed by atoms with Crippen LogP contribution in [-0.2, 0) is 0 Å². The number of nitrogens with zero attached hydrogens (tertiary/aromatic N) is 2. The number of thiazole rings is 1. The van der Waals surface area contributed by atoms with Gasteiger partial charge in [-0.15, -0.1) is 0 Å². The molecule has 0 fully saturated rings. The SMILES string of the molecule is Cc1ccc2nc(N3C(=O)c4oc5ccc(Cl)cc5c(=O)c4[C@H]3c3cccc(O)c3)sc2c1. The zero-order valence-electron chi connectivity index (χ0n) is 17.2. The van der Waals surface area contributed by atoms with Gasteiger partial charge in [0.05, 0.1) is 27.2 Å². The summed E-state index contributed by atoms with van der Waals surface area (Å²) in [6.45, 7) is 1.99. The first kappa shape index (κ1) is 20.0. The second kappa shape index (κ2) is 7.16. The Morgan fingerprint density at radius 1 is 1.09 bits per heavy atom. The van der Waals surface area contributed by atoms with Gasteiger partial charge in [-0.3, -0.25) is 14.5 Å². The van der Waals surface area contributed by atoms with Gasteiger partial charge >= 0.3 is 0 Å². The number of anilines is 1. The number of carbonyl (C=O) groups is 1. The third-order valence-corrected chi connectivity index (χ3v) is 7.01. The predicted octanol–water partition coefficient (Wildman–Crippen LogP) is 5.82. The number of phenolic OH excluding ortho intramolecular Hbond substituents is 1. The van der Waals surface area contributed by atoms with E-state index in [0.29, 0.717) is 21.1 Å². The standard InChI is InChI=1S/C25H15ClN2O4S/c1-12-5-7-17-19(9-12)33-25(27-17)28-21(13-3-2-4-15(29)10-13)20-22(30)16-11-14(26)6-8-18(16)32-23(20)24(28)31/h2-11,21,29H,1H3/t21-/m1/s1. The third-order valence-electron chi connectivity index (χ3n) is 5.76. The van der Waals surface area contributed by atoms with Crippen molar-refractivity contribution in [2.45, 2.75) is 13.0 Å². The lowest BCUT2D eigenvalue weighted by Gasteiger charge is -2.22. The number of carbonyl (C=O) groups excluding carboxylic acids is 1. The molecule has 6 rings (SSSR count). The Balaban J connectivity index is 1.65. The van der Waals surface area contributed by atoms with Gasteiger partial charge in [0.25, 0.3) is 5.91 Å². The molecule has 0 saturated carbocycles. The lowest BCUT2D eigenvalue weighted by Crippen LogP contribution is -2.29. The van der Waals surface area contributed by atoms with Crippen LogP contribution >= 0.6 is 22.9 Å². The first-order valence-corrected chi connectivity index (χ1v) is 11.4. The van der Waals surface area contributed by atoms with Crippen molar-refractivity contribution in [3.05, 3.63) is 98.4 Å². The number of aromatic hydroxyl groups is 1. The lowest BCUT2D eigenvalue weighted by molar-refractivity contribution is 0.0971. The largest absolute Gasteiger partial charge is 0.508 e. The van der Waals surface area contributed by atoms with Crippen LogP contribution in [0.15, 0.2) is 69.9 Å². The van der Waals surface area contributed by atoms with Crippen LogP contribution in [0.2, 0.25) is 5.02 Å². The highest BCUT2D eigenvalue weighted by Gasteiger charge is 2.45. The highest BCUT2D eigenvalue weighted by molar-refractivity contribution is 7.22. The molecule has 0 aliphatic carbocycles. The summed E-state index contributed by atoms with van der Waals surface area (Å²) in [4.78, 5) is 33.4. The third kappa shape index (κ3) is 3.04. The molecule has 2 aromatic heterocycles. The molecule has 1 aliphatic heterocycles. The maximum absolute atomic E-state index is 13.6. The Labute approximate surface area is 196 Å². The summed E-state index contributed by atoms with van der Waals surface area (Å²) in [5, 5.41) is 11.3. The number of aryl methyl sites for hydroxylation is 1. The van der Waals surface area contributed by atoms with E-state index in [9.17, 15) is 14.7 Å². The van der Waals surface area contributed by atoms with E-state index in [1.807, 2.05) is 25.1 Å². The maximum atomic E-state index is 13.6. The Hall–Kier alpha value is -3.68. The number of halogens is 1. The van der Waals surface area contributed by atoms with Crippen LogP contribution in [0.3, 0.4) is 0 Å². The average Bonchev–Trinajstić information content (AvgIpc) is 3.32. The Morgan fingerprint density at radius 2 is 1.94 bits per heavy atom. The number of phenols is 1. The first-order valence-electron chi connectivity index (χ1n) is 10.2. The lowest BCUT2D eigenvalue weighted by atomic mass is 9.98. The summed E-state index contributed by atoms with van der Waals surface area (Å²) < 4.78 is 6.87. The number of hydrogen-bond acceptors (Lipinski definition) is 6. The molecule has 1 amide bonds. The molecule has 3 aromatic carbocycles. The average molecular weight is 475 g/mol. The van der Waals surface area contributed by atoms with E-state index in [0.717, 1.165) is 15.8 Å². The molecule has 0 saturated heterocycles. The van der Waals surface area contributed by atoms with E-state index in [1.54, 1.807) is 30.3 Å². The minimum absolute atomic E-state index is 0.0291. The van der Waals surface area contributed by atoms with Crippen molar-refractivity contribution in [2.24, 2.45) is 0 Å². The van der Waals surface area contributed by atoms with Crippen LogP contribution in [0.1, 0.15) is 33.3 Å². The molecule has 1 aliphatic rings. The molecule has 0 unspecified atom stereocenters. The molecule has 3 heterocycles. The first-order chi connectivity index (χ1) is 15.9. The zero-order valence-corrected chi connectivity index (χ0v) is 18.8. The van der Waals surface area contributed by atoms with Gasteiger partial charge in [0, 0.05) is 5.02 Å². The summed E-state index contributed by atoms with van der Waals surface area (Å²) in [7, 11) is 0. The minimum Gasteiger partial charge on any atom is -0.508 e. The molecule has 1 N–H and O–H groups in total. The van der Waals surface area contributed by atoms with Gasteiger partial charge < -0.3 is 9.52 Å². The van der Waals surface area contributed by atoms with Crippen LogP contribution < -0.4 is 10.3 Å². The van der Waals surface area contributed by atoms with Gasteiger partial charge in [-0.25, -0.2) is 4.98 Å². The van der Waals surface area contributed by atoms with Gasteiger partial charge in [0.15, 0.2) is 10.6 Å². The summed E-state index contributed by atoms with van der Waals surface area (Å²) in [5.41, 5.74) is 2.57. The van der Waals surface area contributed by atoms with Gasteiger partial charge in [-0.05, 0) is 60.5 Å². The Kier molecular flexibility index (Phi) is 4.33. The van der Waals surface area contributed by atoms with E-state index in [2.05, 4.69) is 4.98 Å². The molecule has 0 radical (unpaired) electrons. The van der Waals surface area contributed by atoms with Gasteiger partial charge in [-0.2, -0.15) is 0 Å². The van der Waals surface area contributed by atoms with Crippen LogP contribution in [0.4, 0.5) is 5.13 Å². The number of rotatable bonds is 2. The van der Waals surface area contributed by atoms with Gasteiger partial charge in [0.2, 0.25) is 5.76 Å². The topological polar surface area (TPSA) is 83.6 Å². The number of fused-ring (bicyclic) bond motifs is 3. The zero-order chi connectivity index (χ0) is 22.9. The fraction of sp³-hybridized carbons (Fsp3) is 0.0800. The summed E-state index contributed by atoms with van der Waals surface area (Å²) in [5.74, 6) is -0.455. The van der Waals surface area contributed by atoms with Crippen LogP contribution in [0.5, 0.6) is 5.75 Å². The van der Waals surface area contributed by atoms with Gasteiger partial charge in [-0.1, -0.05) is 41.1 Å². The van der Waals surface area contributed by atoms with Crippen molar-refractivity contribution in [2.75, 3.05) is 4.90 Å². The monoisotopic (exact) mass is 474 g/mol. The second-order valence-corrected chi connectivity index (χ2v) is 9.40. The van der Waals surface area contributed by atoms with Crippen LogP contribution in [0, 0.1) is 6.92 Å². The van der Waals surface area contributed by atoms with Crippen LogP contribution in [0.25, 0.3) is 21.2 Å². The smallest absolute Gasteiger partial charge is 0.297 e. The van der Waals surface area contributed by atoms with E-state index in [4.69, 9.17) is 16.0 Å². The van der Waals surface area contributed by atoms with E-state index in [1.165, 1.54) is 28.4 Å². The van der Waals surface area contributed by atoms with Crippen molar-refractivity contribution >= 4 is 55.2 Å². The summed E-state index contributed by atoms with van der Waals surface area (Å²) in [6.07, 6.45) is 0. The van der Waals surface area contributed by atoms with E-state index in [-0.39, 0.29) is 28.1 Å². The second-order valence-electron chi connectivity index (χ2n) is 7.95. The minimum atomic E-state index is -0.805. The van der Waals surface area contributed by atoms with Crippen molar-refractivity contribution in [3.63, 3.8) is 0 Å². The molecule has 0 bridgehead atoms. The molecule has 8 heteroatoms. The van der Waals surface area contributed by atoms with Crippen LogP contribution in [-0.4, -0.2) is 16.0 Å². The number of hydrogen-bond donors (Lipinski definition) is 1. The summed E-state index contributed by atoms with van der Waals surface area (Å²) in [6, 6.07) is 16.3. The van der Waals surface area contributed by atoms with Crippen molar-refractivity contribution in [3.8, 4) is 5.75 Å². The molecule has 6 nitrogen and oxygen atoms in total.